The molecule has 0 aliphatic heterocycles. The minimum atomic E-state index is 0.300. The van der Waals surface area contributed by atoms with Gasteiger partial charge >= 0.3 is 0 Å². The molecule has 15 heavy (non-hydrogen) atoms. The molecule has 2 atom stereocenters. The van der Waals surface area contributed by atoms with Crippen LogP contribution in [0.5, 0.6) is 0 Å². The summed E-state index contributed by atoms with van der Waals surface area (Å²) in [5, 5.41) is 3.68. The van der Waals surface area contributed by atoms with Crippen LogP contribution in [0.25, 0.3) is 0 Å². The quantitative estimate of drug-likeness (QED) is 0.698. The van der Waals surface area contributed by atoms with Crippen LogP contribution in [0.3, 0.4) is 0 Å². The smallest absolute Gasteiger partial charge is 0.0686 e. The first-order chi connectivity index (χ1) is 7.30. The Morgan fingerprint density at radius 1 is 1.33 bits per heavy atom. The van der Waals surface area contributed by atoms with Gasteiger partial charge < -0.3 is 5.32 Å². The van der Waals surface area contributed by atoms with E-state index in [1.807, 2.05) is 0 Å². The molecule has 1 heteroatoms. The van der Waals surface area contributed by atoms with Gasteiger partial charge in [0.05, 0.1) is 6.04 Å². The highest BCUT2D eigenvalue weighted by atomic mass is 15.0. The van der Waals surface area contributed by atoms with Gasteiger partial charge in [-0.2, -0.15) is 0 Å². The van der Waals surface area contributed by atoms with Crippen molar-refractivity contribution in [3.8, 4) is 12.3 Å². The second kappa shape index (κ2) is 4.58. The van der Waals surface area contributed by atoms with E-state index in [0.29, 0.717) is 11.5 Å². The van der Waals surface area contributed by atoms with Crippen LogP contribution in [-0.4, -0.2) is 12.1 Å². The maximum Gasteiger partial charge on any atom is 0.0686 e. The molecule has 0 aromatic heterocycles. The van der Waals surface area contributed by atoms with Gasteiger partial charge in [-0.3, -0.25) is 0 Å². The first-order valence-corrected chi connectivity index (χ1v) is 6.53. The lowest BCUT2D eigenvalue weighted by Crippen LogP contribution is -2.56. The summed E-state index contributed by atoms with van der Waals surface area (Å²) in [5.41, 5.74) is 0.641. The molecule has 1 N–H and O–H groups in total. The van der Waals surface area contributed by atoms with Crippen LogP contribution in [0.1, 0.15) is 58.3 Å². The number of rotatable bonds is 3. The molecule has 2 unspecified atom stereocenters. The lowest BCUT2D eigenvalue weighted by atomic mass is 9.57. The summed E-state index contributed by atoms with van der Waals surface area (Å²) >= 11 is 0. The molecule has 0 amide bonds. The summed E-state index contributed by atoms with van der Waals surface area (Å²) < 4.78 is 0. The Morgan fingerprint density at radius 3 is 2.53 bits per heavy atom. The highest BCUT2D eigenvalue weighted by Crippen LogP contribution is 2.51. The molecule has 2 rings (SSSR count). The third-order valence-electron chi connectivity index (χ3n) is 4.53. The van der Waals surface area contributed by atoms with Crippen LogP contribution in [0.15, 0.2) is 0 Å². The third-order valence-corrected chi connectivity index (χ3v) is 4.53. The molecule has 0 heterocycles. The molecule has 2 fully saturated rings. The fourth-order valence-corrected chi connectivity index (χ4v) is 3.34. The molecule has 0 saturated heterocycles. The Morgan fingerprint density at radius 2 is 2.07 bits per heavy atom. The minimum Gasteiger partial charge on any atom is -0.300 e. The largest absolute Gasteiger partial charge is 0.300 e. The molecule has 0 radical (unpaired) electrons. The fourth-order valence-electron chi connectivity index (χ4n) is 3.34. The van der Waals surface area contributed by atoms with E-state index in [0.717, 1.165) is 12.5 Å². The highest BCUT2D eigenvalue weighted by molar-refractivity contribution is 5.07. The van der Waals surface area contributed by atoms with Gasteiger partial charge in [-0.25, -0.2) is 0 Å². The molecule has 2 aliphatic carbocycles. The van der Waals surface area contributed by atoms with Crippen molar-refractivity contribution in [1.29, 1.82) is 0 Å². The highest BCUT2D eigenvalue weighted by Gasteiger charge is 2.46. The van der Waals surface area contributed by atoms with Gasteiger partial charge in [-0.05, 0) is 37.5 Å². The van der Waals surface area contributed by atoms with Crippen molar-refractivity contribution in [3.63, 3.8) is 0 Å². The maximum absolute atomic E-state index is 5.52. The van der Waals surface area contributed by atoms with Crippen LogP contribution < -0.4 is 5.32 Å². The van der Waals surface area contributed by atoms with Gasteiger partial charge in [0.25, 0.3) is 0 Å². The van der Waals surface area contributed by atoms with Crippen molar-refractivity contribution in [3.05, 3.63) is 0 Å². The van der Waals surface area contributed by atoms with E-state index in [2.05, 4.69) is 18.2 Å². The topological polar surface area (TPSA) is 12.0 Å². The first-order valence-electron chi connectivity index (χ1n) is 6.53. The first kappa shape index (κ1) is 11.0. The van der Waals surface area contributed by atoms with Gasteiger partial charge in [-0.1, -0.05) is 32.1 Å². The summed E-state index contributed by atoms with van der Waals surface area (Å²) in [6.07, 6.45) is 16.5. The summed E-state index contributed by atoms with van der Waals surface area (Å²) in [5.74, 6) is 2.86. The Bertz CT molecular complexity index is 245. The predicted octanol–water partition coefficient (Wildman–Crippen LogP) is 3.10. The SMILES string of the molecule is C#CC(CC)NC1CCC12CCCCC2. The van der Waals surface area contributed by atoms with E-state index in [4.69, 9.17) is 6.42 Å². The molecule has 84 valence electrons. The summed E-state index contributed by atoms with van der Waals surface area (Å²) in [6, 6.07) is 1.02. The Labute approximate surface area is 94.0 Å². The van der Waals surface area contributed by atoms with Gasteiger partial charge in [0.2, 0.25) is 0 Å². The van der Waals surface area contributed by atoms with Crippen LogP contribution in [-0.2, 0) is 0 Å². The van der Waals surface area contributed by atoms with E-state index in [1.165, 1.54) is 44.9 Å². The zero-order valence-corrected chi connectivity index (χ0v) is 9.89. The van der Waals surface area contributed by atoms with Crippen LogP contribution in [0.2, 0.25) is 0 Å². The van der Waals surface area contributed by atoms with Crippen LogP contribution in [0, 0.1) is 17.8 Å². The molecule has 1 nitrogen and oxygen atoms in total. The van der Waals surface area contributed by atoms with Crippen LogP contribution >= 0.6 is 0 Å². The molecular formula is C14H23N. The van der Waals surface area contributed by atoms with Gasteiger partial charge in [0, 0.05) is 6.04 Å². The average molecular weight is 205 g/mol. The summed E-state index contributed by atoms with van der Waals surface area (Å²) in [7, 11) is 0. The third kappa shape index (κ3) is 2.06. The predicted molar refractivity (Wildman–Crippen MR) is 64.6 cm³/mol. The molecule has 2 aliphatic rings. The number of hydrogen-bond donors (Lipinski definition) is 1. The van der Waals surface area contributed by atoms with E-state index in [9.17, 15) is 0 Å². The van der Waals surface area contributed by atoms with E-state index < -0.39 is 0 Å². The average Bonchev–Trinajstić information content (AvgIpc) is 2.30. The molecule has 1 spiro atoms. The second-order valence-corrected chi connectivity index (χ2v) is 5.31. The summed E-state index contributed by atoms with van der Waals surface area (Å²) in [6.45, 7) is 2.17. The minimum absolute atomic E-state index is 0.300. The Balaban J connectivity index is 1.90. The molecule has 2 saturated carbocycles. The lowest BCUT2D eigenvalue weighted by Gasteiger charge is -2.53. The lowest BCUT2D eigenvalue weighted by molar-refractivity contribution is 0.0197. The molecule has 0 bridgehead atoms. The van der Waals surface area contributed by atoms with Crippen molar-refractivity contribution in [2.24, 2.45) is 5.41 Å². The summed E-state index contributed by atoms with van der Waals surface area (Å²) in [4.78, 5) is 0. The van der Waals surface area contributed by atoms with E-state index in [-0.39, 0.29) is 0 Å². The van der Waals surface area contributed by atoms with Crippen molar-refractivity contribution in [2.45, 2.75) is 70.4 Å². The zero-order chi connectivity index (χ0) is 10.7. The van der Waals surface area contributed by atoms with Crippen molar-refractivity contribution >= 4 is 0 Å². The van der Waals surface area contributed by atoms with Crippen molar-refractivity contribution in [1.82, 2.24) is 5.32 Å². The Hall–Kier alpha value is -0.480. The van der Waals surface area contributed by atoms with Gasteiger partial charge in [0.15, 0.2) is 0 Å². The second-order valence-electron chi connectivity index (χ2n) is 5.31. The zero-order valence-electron chi connectivity index (χ0n) is 9.89. The molecule has 0 aromatic carbocycles. The molecule has 0 aromatic rings. The van der Waals surface area contributed by atoms with Gasteiger partial charge in [-0.15, -0.1) is 6.42 Å². The van der Waals surface area contributed by atoms with Crippen molar-refractivity contribution < 1.29 is 0 Å². The Kier molecular flexibility index (Phi) is 3.36. The standard InChI is InChI=1S/C14H23N/c1-3-12(4-2)15-13-8-11-14(13)9-6-5-7-10-14/h1,12-13,15H,4-11H2,2H3. The van der Waals surface area contributed by atoms with Crippen molar-refractivity contribution in [2.75, 3.05) is 0 Å². The number of hydrogen-bond acceptors (Lipinski definition) is 1. The van der Waals surface area contributed by atoms with Crippen LogP contribution in [0.4, 0.5) is 0 Å². The van der Waals surface area contributed by atoms with E-state index in [1.54, 1.807) is 0 Å². The number of nitrogens with one attached hydrogen (secondary N) is 1. The molecular weight excluding hydrogens is 182 g/mol. The maximum atomic E-state index is 5.52. The normalized spacial score (nSPS) is 30.5. The van der Waals surface area contributed by atoms with E-state index >= 15 is 0 Å². The number of terminal acetylenes is 1. The van der Waals surface area contributed by atoms with Gasteiger partial charge in [0.1, 0.15) is 0 Å². The monoisotopic (exact) mass is 205 g/mol. The fraction of sp³-hybridized carbons (Fsp3) is 0.857.